The Morgan fingerprint density at radius 2 is 1.28 bits per heavy atom. The van der Waals surface area contributed by atoms with Gasteiger partial charge >= 0.3 is 5.97 Å². The van der Waals surface area contributed by atoms with E-state index in [2.05, 4.69) is 16.0 Å². The Bertz CT molecular complexity index is 728. The van der Waals surface area contributed by atoms with Crippen LogP contribution in [0.5, 0.6) is 0 Å². The van der Waals surface area contributed by atoms with Crippen molar-refractivity contribution in [3.63, 3.8) is 0 Å². The van der Waals surface area contributed by atoms with Gasteiger partial charge in [-0.25, -0.2) is 4.79 Å². The number of carboxylic acids is 1. The molecule has 0 aliphatic heterocycles. The molecule has 11 N–H and O–H groups in total. The number of carboxylic acid groups (broad SMARTS) is 1. The first-order valence-electron chi connectivity index (χ1n) is 9.85. The molecule has 5 amide bonds. The van der Waals surface area contributed by atoms with Gasteiger partial charge in [-0.15, -0.1) is 0 Å². The molecule has 0 bridgehead atoms. The third kappa shape index (κ3) is 9.70. The van der Waals surface area contributed by atoms with E-state index in [0.717, 1.165) is 0 Å². The van der Waals surface area contributed by atoms with Gasteiger partial charge in [0.05, 0.1) is 25.0 Å². The van der Waals surface area contributed by atoms with Crippen LogP contribution >= 0.6 is 0 Å². The molecule has 0 aromatic rings. The first-order valence-corrected chi connectivity index (χ1v) is 9.85. The van der Waals surface area contributed by atoms with Gasteiger partial charge in [0.1, 0.15) is 18.1 Å². The molecule has 0 aromatic heterocycles. The summed E-state index contributed by atoms with van der Waals surface area (Å²) in [5.74, 6) is -6.58. The fourth-order valence-corrected chi connectivity index (χ4v) is 2.58. The minimum Gasteiger partial charge on any atom is -0.480 e. The van der Waals surface area contributed by atoms with Crippen molar-refractivity contribution in [3.8, 4) is 0 Å². The molecule has 0 heterocycles. The summed E-state index contributed by atoms with van der Waals surface area (Å²) in [6.07, 6.45) is -2.18. The Morgan fingerprint density at radius 3 is 1.69 bits per heavy atom. The van der Waals surface area contributed by atoms with Crippen LogP contribution in [0.4, 0.5) is 0 Å². The van der Waals surface area contributed by atoms with E-state index >= 15 is 0 Å². The minimum atomic E-state index is -1.61. The quantitative estimate of drug-likeness (QED) is 0.125. The lowest BCUT2D eigenvalue weighted by molar-refractivity contribution is -0.144. The maximum absolute atomic E-state index is 12.7. The van der Waals surface area contributed by atoms with Crippen LogP contribution in [-0.4, -0.2) is 76.0 Å². The molecule has 14 heteroatoms. The van der Waals surface area contributed by atoms with E-state index in [1.54, 1.807) is 13.8 Å². The van der Waals surface area contributed by atoms with Gasteiger partial charge in [-0.2, -0.15) is 0 Å². The van der Waals surface area contributed by atoms with E-state index in [0.29, 0.717) is 6.42 Å². The Balaban J connectivity index is 5.52. The van der Waals surface area contributed by atoms with E-state index in [4.69, 9.17) is 22.3 Å². The summed E-state index contributed by atoms with van der Waals surface area (Å²) < 4.78 is 0. The SMILES string of the molecule is CCC(C)C(NC(=O)C(NC(=O)C(N)CC(N)=O)C(C)O)C(=O)NC(CC(N)=O)C(=O)O. The number of hydrogen-bond donors (Lipinski definition) is 8. The van der Waals surface area contributed by atoms with Gasteiger partial charge in [0.2, 0.25) is 29.5 Å². The normalized spacial score (nSPS) is 16.4. The molecule has 0 saturated carbocycles. The van der Waals surface area contributed by atoms with Crippen molar-refractivity contribution in [2.24, 2.45) is 23.1 Å². The summed E-state index contributed by atoms with van der Waals surface area (Å²) >= 11 is 0. The number of primary amides is 2. The number of aliphatic carboxylic acids is 1. The second-order valence-electron chi connectivity index (χ2n) is 7.45. The Kier molecular flexibility index (Phi) is 11.9. The minimum absolute atomic E-state index is 0.390. The monoisotopic (exact) mass is 460 g/mol. The van der Waals surface area contributed by atoms with Crippen LogP contribution in [0.15, 0.2) is 0 Å². The number of carbonyl (C=O) groups excluding carboxylic acids is 5. The molecule has 182 valence electrons. The zero-order valence-corrected chi connectivity index (χ0v) is 18.2. The number of carbonyl (C=O) groups is 6. The van der Waals surface area contributed by atoms with E-state index < -0.39 is 84.5 Å². The fourth-order valence-electron chi connectivity index (χ4n) is 2.58. The van der Waals surface area contributed by atoms with Crippen LogP contribution in [-0.2, 0) is 28.8 Å². The van der Waals surface area contributed by atoms with Gasteiger partial charge in [0.15, 0.2) is 0 Å². The average Bonchev–Trinajstić information content (AvgIpc) is 2.67. The van der Waals surface area contributed by atoms with Crippen molar-refractivity contribution >= 4 is 35.5 Å². The highest BCUT2D eigenvalue weighted by molar-refractivity contribution is 5.95. The third-order valence-electron chi connectivity index (χ3n) is 4.63. The molecule has 0 aromatic carbocycles. The van der Waals surface area contributed by atoms with Crippen LogP contribution in [0, 0.1) is 5.92 Å². The fraction of sp³-hybridized carbons (Fsp3) is 0.667. The predicted molar refractivity (Wildman–Crippen MR) is 110 cm³/mol. The lowest BCUT2D eigenvalue weighted by Crippen LogP contribution is -2.61. The van der Waals surface area contributed by atoms with Crippen molar-refractivity contribution in [2.75, 3.05) is 0 Å². The molecule has 0 spiro atoms. The molecular formula is C18H32N6O8. The summed E-state index contributed by atoms with van der Waals surface area (Å²) in [4.78, 5) is 70.7. The third-order valence-corrected chi connectivity index (χ3v) is 4.63. The van der Waals surface area contributed by atoms with Crippen molar-refractivity contribution in [2.45, 2.75) is 70.3 Å². The zero-order valence-electron chi connectivity index (χ0n) is 18.2. The van der Waals surface area contributed by atoms with Crippen molar-refractivity contribution in [3.05, 3.63) is 0 Å². The van der Waals surface area contributed by atoms with E-state index in [1.165, 1.54) is 6.92 Å². The molecular weight excluding hydrogens is 428 g/mol. The number of aliphatic hydroxyl groups is 1. The smallest absolute Gasteiger partial charge is 0.326 e. The number of nitrogens with two attached hydrogens (primary N) is 3. The van der Waals surface area contributed by atoms with Crippen LogP contribution in [0.3, 0.4) is 0 Å². The lowest BCUT2D eigenvalue weighted by atomic mass is 9.97. The van der Waals surface area contributed by atoms with Crippen LogP contribution < -0.4 is 33.2 Å². The standard InChI is InChI=1S/C18H32N6O8/c1-4-7(2)13(16(29)22-10(18(31)32)6-12(21)27)23-17(30)14(8(3)25)24-15(28)9(19)5-11(20)26/h7-10,13-14,25H,4-6,19H2,1-3H3,(H2,20,26)(H2,21,27)(H,22,29)(H,23,30)(H,24,28)(H,31,32). The van der Waals surface area contributed by atoms with E-state index in [-0.39, 0.29) is 0 Å². The largest absolute Gasteiger partial charge is 0.480 e. The molecule has 0 aliphatic carbocycles. The predicted octanol–water partition coefficient (Wildman–Crippen LogP) is -3.97. The summed E-state index contributed by atoms with van der Waals surface area (Å²) in [5.41, 5.74) is 15.5. The average molecular weight is 460 g/mol. The highest BCUT2D eigenvalue weighted by Gasteiger charge is 2.34. The molecule has 0 rings (SSSR count). The maximum Gasteiger partial charge on any atom is 0.326 e. The second-order valence-corrected chi connectivity index (χ2v) is 7.45. The highest BCUT2D eigenvalue weighted by atomic mass is 16.4. The van der Waals surface area contributed by atoms with Gasteiger partial charge in [0.25, 0.3) is 0 Å². The lowest BCUT2D eigenvalue weighted by Gasteiger charge is -2.28. The summed E-state index contributed by atoms with van der Waals surface area (Å²) in [5, 5.41) is 25.8. The van der Waals surface area contributed by atoms with Gasteiger partial charge in [-0.05, 0) is 12.8 Å². The number of hydrogen-bond acceptors (Lipinski definition) is 8. The molecule has 32 heavy (non-hydrogen) atoms. The summed E-state index contributed by atoms with van der Waals surface area (Å²) in [7, 11) is 0. The Labute approximate surface area is 184 Å². The number of amides is 5. The Morgan fingerprint density at radius 1 is 0.812 bits per heavy atom. The molecule has 0 saturated heterocycles. The van der Waals surface area contributed by atoms with E-state index in [9.17, 15) is 33.9 Å². The Hall–Kier alpha value is -3.26. The topological polar surface area (TPSA) is 257 Å². The first-order chi connectivity index (χ1) is 14.7. The molecule has 6 unspecified atom stereocenters. The first kappa shape index (κ1) is 28.7. The van der Waals surface area contributed by atoms with Crippen molar-refractivity contribution in [1.82, 2.24) is 16.0 Å². The molecule has 0 aliphatic rings. The summed E-state index contributed by atoms with van der Waals surface area (Å²) in [6, 6.07) is -5.77. The highest BCUT2D eigenvalue weighted by Crippen LogP contribution is 2.10. The van der Waals surface area contributed by atoms with Crippen molar-refractivity contribution in [1.29, 1.82) is 0 Å². The van der Waals surface area contributed by atoms with E-state index in [1.807, 2.05) is 0 Å². The van der Waals surface area contributed by atoms with Gasteiger partial charge in [-0.1, -0.05) is 20.3 Å². The van der Waals surface area contributed by atoms with Gasteiger partial charge in [-0.3, -0.25) is 24.0 Å². The van der Waals surface area contributed by atoms with Crippen molar-refractivity contribution < 1.29 is 39.0 Å². The second kappa shape index (κ2) is 13.2. The number of nitrogens with one attached hydrogen (secondary N) is 3. The number of aliphatic hydroxyl groups excluding tert-OH is 1. The van der Waals surface area contributed by atoms with Crippen LogP contribution in [0.1, 0.15) is 40.0 Å². The van der Waals surface area contributed by atoms with Gasteiger partial charge in [0, 0.05) is 0 Å². The molecule has 6 atom stereocenters. The van der Waals surface area contributed by atoms with Gasteiger partial charge < -0.3 is 43.4 Å². The summed E-state index contributed by atoms with van der Waals surface area (Å²) in [6.45, 7) is 4.52. The molecule has 14 nitrogen and oxygen atoms in total. The zero-order chi connectivity index (χ0) is 25.2. The van der Waals surface area contributed by atoms with Crippen LogP contribution in [0.2, 0.25) is 0 Å². The molecule has 0 fully saturated rings. The maximum atomic E-state index is 12.7. The number of rotatable bonds is 14. The molecule has 0 radical (unpaired) electrons. The van der Waals surface area contributed by atoms with Crippen LogP contribution in [0.25, 0.3) is 0 Å².